The number of unbranched alkanes of at least 4 members (excludes halogenated alkanes) is 19. The van der Waals surface area contributed by atoms with Crippen LogP contribution in [0.1, 0.15) is 162 Å². The fourth-order valence-electron chi connectivity index (χ4n) is 5.17. The summed E-state index contributed by atoms with van der Waals surface area (Å²) in [6.07, 6.45) is 27.4. The zero-order chi connectivity index (χ0) is 32.7. The van der Waals surface area contributed by atoms with E-state index in [1.54, 1.807) is 6.08 Å². The summed E-state index contributed by atoms with van der Waals surface area (Å²) in [6, 6.07) is -0.974. The summed E-state index contributed by atoms with van der Waals surface area (Å²) in [6.45, 7) is 3.91. The molecule has 0 spiro atoms. The molecule has 10 heteroatoms. The van der Waals surface area contributed by atoms with Gasteiger partial charge < -0.3 is 26.2 Å². The Hall–Kier alpha value is -0.800. The Morgan fingerprint density at radius 3 is 1.75 bits per heavy atom. The van der Waals surface area contributed by atoms with Crippen LogP contribution in [0.15, 0.2) is 12.2 Å². The molecule has 0 aliphatic heterocycles. The molecule has 6 N–H and O–H groups in total. The lowest BCUT2D eigenvalue weighted by atomic mass is 10.0. The van der Waals surface area contributed by atoms with Gasteiger partial charge >= 0.3 is 7.82 Å². The van der Waals surface area contributed by atoms with Crippen LogP contribution >= 0.6 is 7.82 Å². The summed E-state index contributed by atoms with van der Waals surface area (Å²) in [5.41, 5.74) is 5.33. The van der Waals surface area contributed by atoms with Crippen molar-refractivity contribution in [2.45, 2.75) is 180 Å². The number of hydrogen-bond donors (Lipinski definition) is 5. The van der Waals surface area contributed by atoms with Gasteiger partial charge in [0.05, 0.1) is 37.9 Å². The van der Waals surface area contributed by atoms with Gasteiger partial charge in [0.1, 0.15) is 0 Å². The minimum absolute atomic E-state index is 0.0509. The summed E-state index contributed by atoms with van der Waals surface area (Å²) in [5.74, 6) is -0.450. The fourth-order valence-corrected chi connectivity index (χ4v) is 5.93. The smallest absolute Gasteiger partial charge is 0.393 e. The molecule has 0 aliphatic carbocycles. The average Bonchev–Trinajstić information content (AvgIpc) is 2.99. The molecule has 0 bridgehead atoms. The topological polar surface area (TPSA) is 151 Å². The maximum atomic E-state index is 12.6. The van der Waals surface area contributed by atoms with E-state index in [9.17, 15) is 24.5 Å². The van der Waals surface area contributed by atoms with Crippen LogP contribution < -0.4 is 11.1 Å². The Morgan fingerprint density at radius 2 is 1.25 bits per heavy atom. The van der Waals surface area contributed by atoms with E-state index in [4.69, 9.17) is 14.8 Å². The van der Waals surface area contributed by atoms with Crippen molar-refractivity contribution in [3.05, 3.63) is 12.2 Å². The monoisotopic (exact) mass is 648 g/mol. The van der Waals surface area contributed by atoms with Gasteiger partial charge in [0, 0.05) is 6.54 Å². The lowest BCUT2D eigenvalue weighted by Gasteiger charge is -2.24. The molecule has 0 fully saturated rings. The summed E-state index contributed by atoms with van der Waals surface area (Å²) in [5, 5.41) is 23.8. The number of aliphatic hydroxyl groups excluding tert-OH is 2. The molecule has 0 heterocycles. The van der Waals surface area contributed by atoms with Gasteiger partial charge in [-0.25, -0.2) is 4.57 Å². The second-order valence-electron chi connectivity index (χ2n) is 12.3. The number of phosphoric acid groups is 1. The van der Waals surface area contributed by atoms with E-state index in [-0.39, 0.29) is 19.6 Å². The standard InChI is InChI=1S/C34H69N2O7P/c1-3-5-7-9-11-12-13-14-15-16-17-18-20-22-24-26-33(38)32(30-43-44(40,41)42-28-27-35)36-34(39)29-31(37)25-23-21-19-10-8-6-4-2/h24,26,31-33,37-38H,3-23,25,27-30,35H2,1-2H3,(H,36,39)(H,40,41)/b26-24+. The Bertz CT molecular complexity index is 726. The van der Waals surface area contributed by atoms with E-state index in [1.807, 2.05) is 6.08 Å². The van der Waals surface area contributed by atoms with Crippen LogP contribution in [0, 0.1) is 0 Å². The van der Waals surface area contributed by atoms with Crippen LogP contribution in [0.4, 0.5) is 0 Å². The van der Waals surface area contributed by atoms with Crippen molar-refractivity contribution < 1.29 is 33.5 Å². The molecule has 44 heavy (non-hydrogen) atoms. The largest absolute Gasteiger partial charge is 0.472 e. The first-order valence-corrected chi connectivity index (χ1v) is 19.4. The number of hydrogen-bond acceptors (Lipinski definition) is 7. The van der Waals surface area contributed by atoms with Crippen molar-refractivity contribution >= 4 is 13.7 Å². The Morgan fingerprint density at radius 1 is 0.773 bits per heavy atom. The second-order valence-corrected chi connectivity index (χ2v) is 13.7. The van der Waals surface area contributed by atoms with Gasteiger partial charge in [0.2, 0.25) is 5.91 Å². The minimum atomic E-state index is -4.38. The summed E-state index contributed by atoms with van der Waals surface area (Å²) >= 11 is 0. The van der Waals surface area contributed by atoms with E-state index in [1.165, 1.54) is 96.3 Å². The molecule has 9 nitrogen and oxygen atoms in total. The van der Waals surface area contributed by atoms with E-state index in [0.29, 0.717) is 6.42 Å². The first-order chi connectivity index (χ1) is 21.3. The zero-order valence-corrected chi connectivity index (χ0v) is 29.2. The number of carbonyl (C=O) groups excluding carboxylic acids is 1. The van der Waals surface area contributed by atoms with Crippen molar-refractivity contribution in [1.29, 1.82) is 0 Å². The maximum Gasteiger partial charge on any atom is 0.472 e. The van der Waals surface area contributed by atoms with Crippen LogP contribution in [0.2, 0.25) is 0 Å². The van der Waals surface area contributed by atoms with Crippen LogP contribution in [0.5, 0.6) is 0 Å². The van der Waals surface area contributed by atoms with Crippen LogP contribution in [-0.2, 0) is 18.4 Å². The Balaban J connectivity index is 4.45. The van der Waals surface area contributed by atoms with Gasteiger partial charge in [0.15, 0.2) is 0 Å². The van der Waals surface area contributed by atoms with Crippen molar-refractivity contribution in [1.82, 2.24) is 5.32 Å². The quantitative estimate of drug-likeness (QED) is 0.0274. The molecule has 0 saturated heterocycles. The van der Waals surface area contributed by atoms with E-state index in [2.05, 4.69) is 19.2 Å². The number of nitrogens with two attached hydrogens (primary N) is 1. The third-order valence-electron chi connectivity index (χ3n) is 7.92. The van der Waals surface area contributed by atoms with Gasteiger partial charge in [0.25, 0.3) is 0 Å². The average molecular weight is 649 g/mol. The normalized spacial score (nSPS) is 15.3. The highest BCUT2D eigenvalue weighted by molar-refractivity contribution is 7.47. The molecule has 262 valence electrons. The first-order valence-electron chi connectivity index (χ1n) is 17.9. The Labute approximate surface area is 269 Å². The SMILES string of the molecule is CCCCCCCCCCCCCCC/C=C/C(O)C(COP(=O)(O)OCCN)NC(=O)CC(O)CCCCCCCCC. The van der Waals surface area contributed by atoms with Crippen LogP contribution in [0.3, 0.4) is 0 Å². The maximum absolute atomic E-state index is 12.6. The van der Waals surface area contributed by atoms with E-state index < -0.39 is 38.6 Å². The van der Waals surface area contributed by atoms with Gasteiger partial charge in [-0.2, -0.15) is 0 Å². The third-order valence-corrected chi connectivity index (χ3v) is 8.90. The van der Waals surface area contributed by atoms with E-state index >= 15 is 0 Å². The molecule has 0 radical (unpaired) electrons. The molecule has 1 amide bonds. The lowest BCUT2D eigenvalue weighted by molar-refractivity contribution is -0.124. The molecule has 0 aromatic heterocycles. The molecule has 4 unspecified atom stereocenters. The summed E-state index contributed by atoms with van der Waals surface area (Å²) in [4.78, 5) is 22.5. The molecule has 0 aromatic carbocycles. The van der Waals surface area contributed by atoms with Crippen molar-refractivity contribution in [3.63, 3.8) is 0 Å². The highest BCUT2D eigenvalue weighted by atomic mass is 31.2. The molecule has 0 rings (SSSR count). The minimum Gasteiger partial charge on any atom is -0.393 e. The number of phosphoric ester groups is 1. The molecule has 4 atom stereocenters. The predicted molar refractivity (Wildman–Crippen MR) is 181 cm³/mol. The van der Waals surface area contributed by atoms with Crippen LogP contribution in [-0.4, -0.2) is 59.0 Å². The molecular weight excluding hydrogens is 579 g/mol. The molecule has 0 aliphatic rings. The van der Waals surface area contributed by atoms with Crippen molar-refractivity contribution in [3.8, 4) is 0 Å². The third kappa shape index (κ3) is 28.7. The van der Waals surface area contributed by atoms with Crippen LogP contribution in [0.25, 0.3) is 0 Å². The van der Waals surface area contributed by atoms with Gasteiger partial charge in [-0.15, -0.1) is 0 Å². The predicted octanol–water partition coefficient (Wildman–Crippen LogP) is 7.85. The molecule has 0 aromatic rings. The number of rotatable bonds is 33. The highest BCUT2D eigenvalue weighted by Crippen LogP contribution is 2.43. The summed E-state index contributed by atoms with van der Waals surface area (Å²) in [7, 11) is -4.38. The Kier molecular flexibility index (Phi) is 30.3. The van der Waals surface area contributed by atoms with Gasteiger partial charge in [-0.1, -0.05) is 148 Å². The first kappa shape index (κ1) is 43.2. The molecule has 0 saturated carbocycles. The molecular formula is C34H69N2O7P. The van der Waals surface area contributed by atoms with Gasteiger partial charge in [-0.05, 0) is 19.3 Å². The van der Waals surface area contributed by atoms with Crippen molar-refractivity contribution in [2.75, 3.05) is 19.8 Å². The fraction of sp³-hybridized carbons (Fsp3) is 0.912. The number of aliphatic hydroxyl groups is 2. The number of allylic oxidation sites excluding steroid dienone is 1. The zero-order valence-electron chi connectivity index (χ0n) is 28.3. The second kappa shape index (κ2) is 30.8. The number of nitrogens with one attached hydrogen (secondary N) is 1. The van der Waals surface area contributed by atoms with Crippen molar-refractivity contribution in [2.24, 2.45) is 5.73 Å². The summed E-state index contributed by atoms with van der Waals surface area (Å²) < 4.78 is 21.9. The number of amides is 1. The van der Waals surface area contributed by atoms with E-state index in [0.717, 1.165) is 38.5 Å². The van der Waals surface area contributed by atoms with Gasteiger partial charge in [-0.3, -0.25) is 13.8 Å². The number of carbonyl (C=O) groups is 1. The highest BCUT2D eigenvalue weighted by Gasteiger charge is 2.27. The lowest BCUT2D eigenvalue weighted by Crippen LogP contribution is -2.46.